The molecule has 1 atom stereocenters. The van der Waals surface area contributed by atoms with Crippen molar-refractivity contribution in [1.82, 2.24) is 0 Å². The van der Waals surface area contributed by atoms with Gasteiger partial charge in [-0.25, -0.2) is 0 Å². The van der Waals surface area contributed by atoms with Gasteiger partial charge in [0, 0.05) is 24.0 Å². The molecule has 0 bridgehead atoms. The van der Waals surface area contributed by atoms with E-state index in [1.54, 1.807) is 0 Å². The SMILES string of the molecule is CCN1c2ccc(C=Nc3ccccc3C)cc2C(C)CC1(C)C. The number of aliphatic imine (C=N–C) groups is 1. The maximum atomic E-state index is 4.68. The zero-order chi connectivity index (χ0) is 17.3. The third-order valence-electron chi connectivity index (χ3n) is 5.19. The summed E-state index contributed by atoms with van der Waals surface area (Å²) in [5, 5.41) is 0. The summed E-state index contributed by atoms with van der Waals surface area (Å²) in [6, 6.07) is 15.0. The minimum absolute atomic E-state index is 0.220. The molecule has 0 amide bonds. The normalized spacial score (nSPS) is 19.5. The molecule has 2 aromatic rings. The average molecular weight is 320 g/mol. The maximum Gasteiger partial charge on any atom is 0.0659 e. The number of hydrogen-bond donors (Lipinski definition) is 0. The zero-order valence-corrected chi connectivity index (χ0v) is 15.5. The van der Waals surface area contributed by atoms with Gasteiger partial charge in [-0.1, -0.05) is 31.2 Å². The summed E-state index contributed by atoms with van der Waals surface area (Å²) >= 11 is 0. The van der Waals surface area contributed by atoms with E-state index < -0.39 is 0 Å². The topological polar surface area (TPSA) is 15.6 Å². The molecular weight excluding hydrogens is 292 g/mol. The van der Waals surface area contributed by atoms with Crippen molar-refractivity contribution in [2.24, 2.45) is 4.99 Å². The quantitative estimate of drug-likeness (QED) is 0.647. The Labute approximate surface area is 146 Å². The molecule has 0 N–H and O–H groups in total. The lowest BCUT2D eigenvalue weighted by Gasteiger charge is -2.47. The number of anilines is 1. The first-order valence-electron chi connectivity index (χ1n) is 8.93. The summed E-state index contributed by atoms with van der Waals surface area (Å²) < 4.78 is 0. The fraction of sp³-hybridized carbons (Fsp3) is 0.409. The number of fused-ring (bicyclic) bond motifs is 1. The molecule has 0 spiro atoms. The molecule has 2 heteroatoms. The Kier molecular flexibility index (Phi) is 4.49. The molecule has 1 aliphatic rings. The average Bonchev–Trinajstić information content (AvgIpc) is 2.54. The van der Waals surface area contributed by atoms with E-state index in [9.17, 15) is 0 Å². The van der Waals surface area contributed by atoms with E-state index in [0.29, 0.717) is 5.92 Å². The number of aryl methyl sites for hydroxylation is 1. The number of nitrogens with zero attached hydrogens (tertiary/aromatic N) is 2. The lowest BCUT2D eigenvalue weighted by molar-refractivity contribution is 0.381. The van der Waals surface area contributed by atoms with Crippen molar-refractivity contribution in [2.75, 3.05) is 11.4 Å². The van der Waals surface area contributed by atoms with Gasteiger partial charge in [0.2, 0.25) is 0 Å². The molecule has 2 nitrogen and oxygen atoms in total. The van der Waals surface area contributed by atoms with Gasteiger partial charge in [-0.3, -0.25) is 4.99 Å². The first kappa shape index (κ1) is 16.8. The molecule has 24 heavy (non-hydrogen) atoms. The second kappa shape index (κ2) is 6.43. The van der Waals surface area contributed by atoms with E-state index in [-0.39, 0.29) is 5.54 Å². The minimum Gasteiger partial charge on any atom is -0.366 e. The molecule has 0 aliphatic carbocycles. The van der Waals surface area contributed by atoms with Crippen LogP contribution in [0.2, 0.25) is 0 Å². The van der Waals surface area contributed by atoms with E-state index in [2.05, 4.69) is 80.9 Å². The molecule has 0 saturated carbocycles. The van der Waals surface area contributed by atoms with Crippen LogP contribution in [0.25, 0.3) is 0 Å². The van der Waals surface area contributed by atoms with Crippen molar-refractivity contribution in [3.63, 3.8) is 0 Å². The first-order valence-corrected chi connectivity index (χ1v) is 8.93. The first-order chi connectivity index (χ1) is 11.4. The van der Waals surface area contributed by atoms with E-state index >= 15 is 0 Å². The van der Waals surface area contributed by atoms with Crippen molar-refractivity contribution >= 4 is 17.6 Å². The predicted octanol–water partition coefficient (Wildman–Crippen LogP) is 5.86. The van der Waals surface area contributed by atoms with Crippen molar-refractivity contribution in [1.29, 1.82) is 0 Å². The highest BCUT2D eigenvalue weighted by Gasteiger charge is 2.35. The monoisotopic (exact) mass is 320 g/mol. The molecule has 1 heterocycles. The molecule has 0 radical (unpaired) electrons. The van der Waals surface area contributed by atoms with Crippen molar-refractivity contribution in [2.45, 2.75) is 52.5 Å². The van der Waals surface area contributed by atoms with Crippen LogP contribution in [0, 0.1) is 6.92 Å². The summed E-state index contributed by atoms with van der Waals surface area (Å²) in [4.78, 5) is 7.21. The molecule has 0 aromatic heterocycles. The smallest absolute Gasteiger partial charge is 0.0659 e. The fourth-order valence-electron chi connectivity index (χ4n) is 4.04. The van der Waals surface area contributed by atoms with Crippen molar-refractivity contribution in [3.8, 4) is 0 Å². The van der Waals surface area contributed by atoms with Gasteiger partial charge < -0.3 is 4.90 Å². The Morgan fingerprint density at radius 2 is 1.96 bits per heavy atom. The maximum absolute atomic E-state index is 4.68. The molecular formula is C22H28N2. The largest absolute Gasteiger partial charge is 0.366 e. The Morgan fingerprint density at radius 3 is 2.67 bits per heavy atom. The molecule has 0 saturated heterocycles. The molecule has 1 unspecified atom stereocenters. The van der Waals surface area contributed by atoms with Gasteiger partial charge in [-0.05, 0) is 74.9 Å². The van der Waals surface area contributed by atoms with Crippen LogP contribution in [0.5, 0.6) is 0 Å². The third-order valence-corrected chi connectivity index (χ3v) is 5.19. The van der Waals surface area contributed by atoms with E-state index in [4.69, 9.17) is 0 Å². The van der Waals surface area contributed by atoms with Gasteiger partial charge in [0.05, 0.1) is 5.69 Å². The van der Waals surface area contributed by atoms with Gasteiger partial charge in [0.15, 0.2) is 0 Å². The van der Waals surface area contributed by atoms with Crippen LogP contribution >= 0.6 is 0 Å². The van der Waals surface area contributed by atoms with Crippen LogP contribution in [0.1, 0.15) is 56.7 Å². The van der Waals surface area contributed by atoms with Crippen LogP contribution in [0.3, 0.4) is 0 Å². The van der Waals surface area contributed by atoms with Gasteiger partial charge in [-0.2, -0.15) is 0 Å². The highest BCUT2D eigenvalue weighted by molar-refractivity contribution is 5.84. The Balaban J connectivity index is 1.94. The summed E-state index contributed by atoms with van der Waals surface area (Å²) in [6.45, 7) is 12.4. The lowest BCUT2D eigenvalue weighted by Crippen LogP contribution is -2.48. The van der Waals surface area contributed by atoms with E-state index in [1.165, 1.54) is 28.8 Å². The number of para-hydroxylation sites is 1. The van der Waals surface area contributed by atoms with Crippen LogP contribution in [0.4, 0.5) is 11.4 Å². The molecule has 1 aliphatic heterocycles. The Bertz CT molecular complexity index is 758. The highest BCUT2D eigenvalue weighted by atomic mass is 15.2. The van der Waals surface area contributed by atoms with Crippen LogP contribution in [-0.4, -0.2) is 18.3 Å². The van der Waals surface area contributed by atoms with Crippen molar-refractivity contribution in [3.05, 3.63) is 59.2 Å². The van der Waals surface area contributed by atoms with Gasteiger partial charge in [-0.15, -0.1) is 0 Å². The second-order valence-electron chi connectivity index (χ2n) is 7.52. The van der Waals surface area contributed by atoms with Crippen LogP contribution in [-0.2, 0) is 0 Å². The summed E-state index contributed by atoms with van der Waals surface area (Å²) in [5.74, 6) is 0.574. The van der Waals surface area contributed by atoms with Gasteiger partial charge >= 0.3 is 0 Å². The predicted molar refractivity (Wildman–Crippen MR) is 105 cm³/mol. The third kappa shape index (κ3) is 3.10. The standard InChI is InChI=1S/C22H28N2/c1-6-24-21-12-11-18(13-19(21)17(3)14-22(24,4)5)15-23-20-10-8-7-9-16(20)2/h7-13,15,17H,6,14H2,1-5H3. The lowest BCUT2D eigenvalue weighted by atomic mass is 9.79. The summed E-state index contributed by atoms with van der Waals surface area (Å²) in [5.41, 5.74) is 6.48. The van der Waals surface area contributed by atoms with Gasteiger partial charge in [0.25, 0.3) is 0 Å². The second-order valence-corrected chi connectivity index (χ2v) is 7.52. The van der Waals surface area contributed by atoms with Crippen LogP contribution < -0.4 is 4.90 Å². The number of hydrogen-bond acceptors (Lipinski definition) is 2. The Morgan fingerprint density at radius 1 is 1.21 bits per heavy atom. The van der Waals surface area contributed by atoms with Gasteiger partial charge in [0.1, 0.15) is 0 Å². The fourth-order valence-corrected chi connectivity index (χ4v) is 4.04. The molecule has 2 aromatic carbocycles. The van der Waals surface area contributed by atoms with Crippen LogP contribution in [0.15, 0.2) is 47.5 Å². The minimum atomic E-state index is 0.220. The molecule has 3 rings (SSSR count). The molecule has 0 fully saturated rings. The van der Waals surface area contributed by atoms with E-state index in [0.717, 1.165) is 12.2 Å². The zero-order valence-electron chi connectivity index (χ0n) is 15.5. The summed E-state index contributed by atoms with van der Waals surface area (Å²) in [7, 11) is 0. The van der Waals surface area contributed by atoms with E-state index in [1.807, 2.05) is 12.3 Å². The van der Waals surface area contributed by atoms with Crippen molar-refractivity contribution < 1.29 is 0 Å². The highest BCUT2D eigenvalue weighted by Crippen LogP contribution is 2.43. The summed E-state index contributed by atoms with van der Waals surface area (Å²) in [6.07, 6.45) is 3.18. The number of rotatable bonds is 3. The molecule has 126 valence electrons. The number of benzene rings is 2. The Hall–Kier alpha value is -2.09.